The molecule has 5 nitrogen and oxygen atoms in total. The molecule has 2 aromatic carbocycles. The summed E-state index contributed by atoms with van der Waals surface area (Å²) in [5.74, 6) is -0.453. The van der Waals surface area contributed by atoms with Gasteiger partial charge >= 0.3 is 0 Å². The third kappa shape index (κ3) is 4.33. The van der Waals surface area contributed by atoms with Gasteiger partial charge in [-0.3, -0.25) is 19.8 Å². The van der Waals surface area contributed by atoms with Crippen molar-refractivity contribution < 1.29 is 14.3 Å². The molecule has 29 heavy (non-hydrogen) atoms. The van der Waals surface area contributed by atoms with Gasteiger partial charge in [0.1, 0.15) is 11.3 Å². The Morgan fingerprint density at radius 2 is 1.93 bits per heavy atom. The molecule has 0 saturated carbocycles. The quantitative estimate of drug-likeness (QED) is 0.427. The van der Waals surface area contributed by atoms with Crippen LogP contribution in [0.25, 0.3) is 6.08 Å². The van der Waals surface area contributed by atoms with Gasteiger partial charge in [0, 0.05) is 10.6 Å². The first-order chi connectivity index (χ1) is 13.8. The van der Waals surface area contributed by atoms with Gasteiger partial charge in [-0.05, 0) is 62.3 Å². The number of carbonyl (C=O) groups excluding carboxylic acids is 2. The lowest BCUT2D eigenvalue weighted by Gasteiger charge is -2.30. The zero-order chi connectivity index (χ0) is 21.1. The summed E-state index contributed by atoms with van der Waals surface area (Å²) < 4.78 is 5.93. The second kappa shape index (κ2) is 8.76. The van der Waals surface area contributed by atoms with E-state index in [-0.39, 0.29) is 16.8 Å². The second-order valence-electron chi connectivity index (χ2n) is 6.72. The Labute approximate surface area is 180 Å². The number of benzene rings is 2. The molecule has 1 aliphatic heterocycles. The Kier molecular flexibility index (Phi) is 6.35. The number of halogens is 1. The van der Waals surface area contributed by atoms with Crippen LogP contribution in [0.4, 0.5) is 5.69 Å². The van der Waals surface area contributed by atoms with Crippen molar-refractivity contribution in [2.75, 3.05) is 4.90 Å². The molecule has 0 aliphatic carbocycles. The molecule has 0 aromatic heterocycles. The third-order valence-corrected chi connectivity index (χ3v) is 5.40. The molecule has 0 spiro atoms. The Hall–Kier alpha value is -2.70. The first-order valence-electron chi connectivity index (χ1n) is 9.25. The number of anilines is 1. The van der Waals surface area contributed by atoms with Crippen LogP contribution >= 0.6 is 23.8 Å². The van der Waals surface area contributed by atoms with Crippen LogP contribution in [-0.4, -0.2) is 23.0 Å². The molecule has 1 fully saturated rings. The van der Waals surface area contributed by atoms with Crippen molar-refractivity contribution in [1.82, 2.24) is 5.32 Å². The lowest BCUT2D eigenvalue weighted by Crippen LogP contribution is -2.54. The number of amides is 2. The lowest BCUT2D eigenvalue weighted by molar-refractivity contribution is -0.122. The van der Waals surface area contributed by atoms with Gasteiger partial charge in [-0.2, -0.15) is 0 Å². The minimum Gasteiger partial charge on any atom is -0.490 e. The summed E-state index contributed by atoms with van der Waals surface area (Å²) >= 11 is 11.5. The van der Waals surface area contributed by atoms with Crippen molar-refractivity contribution >= 4 is 52.5 Å². The van der Waals surface area contributed by atoms with E-state index in [9.17, 15) is 9.59 Å². The van der Waals surface area contributed by atoms with E-state index in [1.54, 1.807) is 31.2 Å². The summed E-state index contributed by atoms with van der Waals surface area (Å²) in [5.41, 5.74) is 1.84. The Balaban J connectivity index is 2.04. The molecule has 1 atom stereocenters. The van der Waals surface area contributed by atoms with E-state index < -0.39 is 11.8 Å². The number of thiocarbonyl (C=S) groups is 1. The van der Waals surface area contributed by atoms with Crippen LogP contribution in [-0.2, 0) is 9.59 Å². The van der Waals surface area contributed by atoms with Crippen LogP contribution < -0.4 is 15.0 Å². The van der Waals surface area contributed by atoms with Gasteiger partial charge in [0.15, 0.2) is 5.11 Å². The molecule has 0 unspecified atom stereocenters. The number of nitrogens with one attached hydrogen (secondary N) is 1. The average molecular weight is 429 g/mol. The summed E-state index contributed by atoms with van der Waals surface area (Å²) in [6.07, 6.45) is 2.37. The first-order valence-corrected chi connectivity index (χ1v) is 10.0. The maximum absolute atomic E-state index is 13.2. The first kappa shape index (κ1) is 21.0. The predicted octanol–water partition coefficient (Wildman–Crippen LogP) is 4.66. The zero-order valence-electron chi connectivity index (χ0n) is 16.4. The largest absolute Gasteiger partial charge is 0.490 e. The highest BCUT2D eigenvalue weighted by molar-refractivity contribution is 7.80. The van der Waals surface area contributed by atoms with Crippen LogP contribution in [0.15, 0.2) is 48.0 Å². The predicted molar refractivity (Wildman–Crippen MR) is 119 cm³/mol. The van der Waals surface area contributed by atoms with Gasteiger partial charge in [0.2, 0.25) is 0 Å². The van der Waals surface area contributed by atoms with E-state index in [2.05, 4.69) is 5.32 Å². The van der Waals surface area contributed by atoms with E-state index in [0.29, 0.717) is 27.6 Å². The minimum absolute atomic E-state index is 0.00335. The Morgan fingerprint density at radius 1 is 1.21 bits per heavy atom. The van der Waals surface area contributed by atoms with Gasteiger partial charge in [-0.15, -0.1) is 0 Å². The molecular formula is C22H21ClN2O3S. The Morgan fingerprint density at radius 3 is 2.66 bits per heavy atom. The van der Waals surface area contributed by atoms with Gasteiger partial charge < -0.3 is 4.74 Å². The highest BCUT2D eigenvalue weighted by atomic mass is 35.5. The van der Waals surface area contributed by atoms with Crippen molar-refractivity contribution in [3.63, 3.8) is 0 Å². The number of nitrogens with zero attached hydrogens (tertiary/aromatic N) is 1. The summed E-state index contributed by atoms with van der Waals surface area (Å²) in [6.45, 7) is 5.78. The molecule has 1 aliphatic rings. The zero-order valence-corrected chi connectivity index (χ0v) is 17.9. The number of para-hydroxylation sites is 1. The molecule has 1 N–H and O–H groups in total. The molecule has 3 rings (SSSR count). The SMILES string of the molecule is CC[C@H](C)Oc1ccccc1/C=C1\C(=O)NC(=S)N(c2cccc(Cl)c2C)C1=O. The van der Waals surface area contributed by atoms with Crippen molar-refractivity contribution in [2.45, 2.75) is 33.3 Å². The van der Waals surface area contributed by atoms with Gasteiger partial charge in [-0.1, -0.05) is 42.8 Å². The maximum atomic E-state index is 13.2. The standard InChI is InChI=1S/C22H21ClN2O3S/c1-4-13(2)28-19-11-6-5-8-15(19)12-16-20(26)24-22(29)25(21(16)27)18-10-7-9-17(23)14(18)3/h5-13H,4H2,1-3H3,(H,24,26,29)/b16-12+/t13-/m0/s1. The van der Waals surface area contributed by atoms with Crippen molar-refractivity contribution in [3.8, 4) is 5.75 Å². The molecular weight excluding hydrogens is 408 g/mol. The minimum atomic E-state index is -0.547. The average Bonchev–Trinajstić information content (AvgIpc) is 2.69. The van der Waals surface area contributed by atoms with E-state index in [0.717, 1.165) is 6.42 Å². The number of hydrogen-bond acceptors (Lipinski definition) is 4. The van der Waals surface area contributed by atoms with Crippen LogP contribution in [0, 0.1) is 6.92 Å². The number of hydrogen-bond donors (Lipinski definition) is 1. The molecule has 0 radical (unpaired) electrons. The van der Waals surface area contributed by atoms with Gasteiger partial charge in [0.25, 0.3) is 11.8 Å². The Bertz CT molecular complexity index is 1020. The molecule has 2 amide bonds. The third-order valence-electron chi connectivity index (χ3n) is 4.70. The number of rotatable bonds is 5. The fourth-order valence-electron chi connectivity index (χ4n) is 2.88. The highest BCUT2D eigenvalue weighted by Gasteiger charge is 2.35. The van der Waals surface area contributed by atoms with Crippen LogP contribution in [0.2, 0.25) is 5.02 Å². The molecule has 1 heterocycles. The fraction of sp³-hybridized carbons (Fsp3) is 0.227. The molecule has 0 bridgehead atoms. The van der Waals surface area contributed by atoms with E-state index in [1.165, 1.54) is 11.0 Å². The maximum Gasteiger partial charge on any atom is 0.270 e. The number of carbonyl (C=O) groups is 2. The molecule has 2 aromatic rings. The normalized spacial score (nSPS) is 16.8. The molecule has 150 valence electrons. The van der Waals surface area contributed by atoms with Gasteiger partial charge in [0.05, 0.1) is 11.8 Å². The lowest BCUT2D eigenvalue weighted by atomic mass is 10.1. The van der Waals surface area contributed by atoms with Crippen molar-refractivity contribution in [3.05, 3.63) is 64.2 Å². The number of ether oxygens (including phenoxy) is 1. The monoisotopic (exact) mass is 428 g/mol. The smallest absolute Gasteiger partial charge is 0.270 e. The second-order valence-corrected chi connectivity index (χ2v) is 7.51. The summed E-state index contributed by atoms with van der Waals surface area (Å²) in [6, 6.07) is 12.5. The molecule has 7 heteroatoms. The van der Waals surface area contributed by atoms with Crippen molar-refractivity contribution in [2.24, 2.45) is 0 Å². The van der Waals surface area contributed by atoms with Crippen LogP contribution in [0.3, 0.4) is 0 Å². The van der Waals surface area contributed by atoms with Crippen molar-refractivity contribution in [1.29, 1.82) is 0 Å². The van der Waals surface area contributed by atoms with Gasteiger partial charge in [-0.25, -0.2) is 0 Å². The van der Waals surface area contributed by atoms with Crippen LogP contribution in [0.1, 0.15) is 31.4 Å². The summed E-state index contributed by atoms with van der Waals surface area (Å²) in [4.78, 5) is 27.1. The topological polar surface area (TPSA) is 58.6 Å². The summed E-state index contributed by atoms with van der Waals surface area (Å²) in [7, 11) is 0. The van der Waals surface area contributed by atoms with E-state index >= 15 is 0 Å². The van der Waals surface area contributed by atoms with Crippen LogP contribution in [0.5, 0.6) is 5.75 Å². The molecule has 1 saturated heterocycles. The van der Waals surface area contributed by atoms with E-state index in [4.69, 9.17) is 28.6 Å². The fourth-order valence-corrected chi connectivity index (χ4v) is 3.32. The van der Waals surface area contributed by atoms with E-state index in [1.807, 2.05) is 32.0 Å². The highest BCUT2D eigenvalue weighted by Crippen LogP contribution is 2.30. The summed E-state index contributed by atoms with van der Waals surface area (Å²) in [5, 5.41) is 3.12.